The summed E-state index contributed by atoms with van der Waals surface area (Å²) < 4.78 is 33.3. The lowest BCUT2D eigenvalue weighted by molar-refractivity contribution is -0.156. The topological polar surface area (TPSA) is 129 Å². The Kier molecular flexibility index (Phi) is 15.0. The highest BCUT2D eigenvalue weighted by atomic mass is 32.2. The zero-order chi connectivity index (χ0) is 23.0. The highest BCUT2D eigenvalue weighted by molar-refractivity contribution is 7.87. The van der Waals surface area contributed by atoms with Gasteiger partial charge in [0, 0.05) is 0 Å². The fourth-order valence-corrected chi connectivity index (χ4v) is 5.32. The Bertz CT molecular complexity index is 568. The molecule has 30 heavy (non-hydrogen) atoms. The molecule has 8 heteroatoms. The summed E-state index contributed by atoms with van der Waals surface area (Å²) >= 11 is 0. The van der Waals surface area contributed by atoms with Crippen LogP contribution in [-0.2, 0) is 19.7 Å². The van der Waals surface area contributed by atoms with Crippen molar-refractivity contribution in [2.45, 2.75) is 122 Å². The van der Waals surface area contributed by atoms with Gasteiger partial charge in [-0.15, -0.1) is 0 Å². The normalized spacial score (nSPS) is 13.3. The van der Waals surface area contributed by atoms with Gasteiger partial charge in [0.2, 0.25) is 0 Å². The second kappa shape index (κ2) is 15.6. The van der Waals surface area contributed by atoms with Crippen LogP contribution >= 0.6 is 0 Å². The SMILES string of the molecule is CCCCCCCCCC(CCCCCCCCC)(C(=O)O)C(C(=O)O)S(=O)(=O)O. The van der Waals surface area contributed by atoms with Crippen molar-refractivity contribution in [3.63, 3.8) is 0 Å². The molecule has 0 heterocycles. The maximum atomic E-state index is 12.2. The quantitative estimate of drug-likeness (QED) is 0.161. The Balaban J connectivity index is 5.17. The Hall–Kier alpha value is -1.15. The van der Waals surface area contributed by atoms with Gasteiger partial charge >= 0.3 is 11.9 Å². The smallest absolute Gasteiger partial charge is 0.325 e. The van der Waals surface area contributed by atoms with E-state index in [1.807, 2.05) is 0 Å². The Morgan fingerprint density at radius 2 is 1.03 bits per heavy atom. The average molecular weight is 451 g/mol. The van der Waals surface area contributed by atoms with Crippen LogP contribution in [0, 0.1) is 5.41 Å². The van der Waals surface area contributed by atoms with Crippen LogP contribution in [0.15, 0.2) is 0 Å². The molecule has 0 aromatic carbocycles. The zero-order valence-electron chi connectivity index (χ0n) is 18.8. The van der Waals surface area contributed by atoms with Gasteiger partial charge < -0.3 is 10.2 Å². The van der Waals surface area contributed by atoms with Crippen molar-refractivity contribution in [3.05, 3.63) is 0 Å². The third-order valence-corrected chi connectivity index (χ3v) is 7.15. The monoisotopic (exact) mass is 450 g/mol. The highest BCUT2D eigenvalue weighted by Gasteiger charge is 2.55. The molecule has 0 amide bonds. The number of hydrogen-bond donors (Lipinski definition) is 3. The van der Waals surface area contributed by atoms with Gasteiger partial charge in [-0.2, -0.15) is 8.42 Å². The molecule has 0 saturated carbocycles. The van der Waals surface area contributed by atoms with E-state index in [4.69, 9.17) is 0 Å². The van der Waals surface area contributed by atoms with Crippen LogP contribution in [0.5, 0.6) is 0 Å². The van der Waals surface area contributed by atoms with Gasteiger partial charge in [-0.05, 0) is 12.8 Å². The second-order valence-electron chi connectivity index (χ2n) is 8.44. The van der Waals surface area contributed by atoms with Crippen molar-refractivity contribution in [3.8, 4) is 0 Å². The molecule has 1 unspecified atom stereocenters. The predicted octanol–water partition coefficient (Wildman–Crippen LogP) is 5.68. The Morgan fingerprint density at radius 3 is 1.30 bits per heavy atom. The van der Waals surface area contributed by atoms with E-state index in [2.05, 4.69) is 13.8 Å². The van der Waals surface area contributed by atoms with Crippen molar-refractivity contribution in [2.75, 3.05) is 0 Å². The van der Waals surface area contributed by atoms with E-state index in [9.17, 15) is 32.8 Å². The first-order valence-electron chi connectivity index (χ1n) is 11.6. The molecular formula is C22H42O7S. The van der Waals surface area contributed by atoms with Crippen LogP contribution < -0.4 is 0 Å². The van der Waals surface area contributed by atoms with Gasteiger partial charge in [-0.3, -0.25) is 14.1 Å². The first-order chi connectivity index (χ1) is 14.1. The fraction of sp³-hybridized carbons (Fsp3) is 0.909. The third-order valence-electron chi connectivity index (χ3n) is 5.90. The van der Waals surface area contributed by atoms with Crippen LogP contribution in [0.2, 0.25) is 0 Å². The fourth-order valence-electron chi connectivity index (χ4n) is 4.16. The van der Waals surface area contributed by atoms with Crippen molar-refractivity contribution in [1.29, 1.82) is 0 Å². The summed E-state index contributed by atoms with van der Waals surface area (Å²) in [6.45, 7) is 4.23. The molecule has 0 aliphatic rings. The van der Waals surface area contributed by atoms with Crippen LogP contribution in [0.25, 0.3) is 0 Å². The van der Waals surface area contributed by atoms with Crippen LogP contribution in [-0.4, -0.2) is 40.4 Å². The van der Waals surface area contributed by atoms with Crippen LogP contribution in [0.1, 0.15) is 117 Å². The van der Waals surface area contributed by atoms with E-state index in [-0.39, 0.29) is 12.8 Å². The van der Waals surface area contributed by atoms with E-state index in [0.717, 1.165) is 64.2 Å². The summed E-state index contributed by atoms with van der Waals surface area (Å²) in [5.74, 6) is -3.25. The number of unbranched alkanes of at least 4 members (excludes halogenated alkanes) is 12. The molecular weight excluding hydrogens is 408 g/mol. The van der Waals surface area contributed by atoms with Crippen molar-refractivity contribution < 1.29 is 32.8 Å². The molecule has 7 nitrogen and oxygen atoms in total. The first kappa shape index (κ1) is 28.9. The molecule has 0 spiro atoms. The molecule has 3 N–H and O–H groups in total. The van der Waals surface area contributed by atoms with E-state index in [0.29, 0.717) is 25.7 Å². The van der Waals surface area contributed by atoms with E-state index in [1.54, 1.807) is 0 Å². The molecule has 0 radical (unpaired) electrons. The summed E-state index contributed by atoms with van der Waals surface area (Å²) in [6.07, 6.45) is 12.7. The summed E-state index contributed by atoms with van der Waals surface area (Å²) in [5, 5.41) is 17.1. The number of rotatable bonds is 20. The van der Waals surface area contributed by atoms with Crippen molar-refractivity contribution in [2.24, 2.45) is 5.41 Å². The predicted molar refractivity (Wildman–Crippen MR) is 118 cm³/mol. The zero-order valence-corrected chi connectivity index (χ0v) is 19.6. The minimum Gasteiger partial charge on any atom is -0.481 e. The van der Waals surface area contributed by atoms with Gasteiger partial charge in [0.15, 0.2) is 5.25 Å². The highest BCUT2D eigenvalue weighted by Crippen LogP contribution is 2.39. The summed E-state index contributed by atoms with van der Waals surface area (Å²) in [5.41, 5.74) is -2.01. The second-order valence-corrected chi connectivity index (χ2v) is 9.94. The number of hydrogen-bond acceptors (Lipinski definition) is 4. The van der Waals surface area contributed by atoms with Gasteiger partial charge in [0.25, 0.3) is 10.1 Å². The Morgan fingerprint density at radius 1 is 0.700 bits per heavy atom. The van der Waals surface area contributed by atoms with Gasteiger partial charge in [0.05, 0.1) is 5.41 Å². The number of carbonyl (C=O) groups is 2. The molecule has 178 valence electrons. The average Bonchev–Trinajstić information content (AvgIpc) is 2.64. The van der Waals surface area contributed by atoms with Gasteiger partial charge in [-0.1, -0.05) is 104 Å². The maximum Gasteiger partial charge on any atom is 0.325 e. The molecule has 0 fully saturated rings. The molecule has 0 bridgehead atoms. The molecule has 0 aromatic heterocycles. The lowest BCUT2D eigenvalue weighted by Gasteiger charge is -2.33. The molecule has 1 atom stereocenters. The van der Waals surface area contributed by atoms with Crippen LogP contribution in [0.4, 0.5) is 0 Å². The van der Waals surface area contributed by atoms with Gasteiger partial charge in [-0.25, -0.2) is 0 Å². The molecule has 0 aromatic rings. The van der Waals surface area contributed by atoms with Crippen molar-refractivity contribution >= 4 is 22.1 Å². The largest absolute Gasteiger partial charge is 0.481 e. The van der Waals surface area contributed by atoms with Crippen molar-refractivity contribution in [1.82, 2.24) is 0 Å². The number of aliphatic carboxylic acids is 2. The number of carboxylic acids is 2. The van der Waals surface area contributed by atoms with E-state index in [1.165, 1.54) is 0 Å². The lowest BCUT2D eigenvalue weighted by Crippen LogP contribution is -2.51. The minimum atomic E-state index is -5.06. The lowest BCUT2D eigenvalue weighted by atomic mass is 9.74. The van der Waals surface area contributed by atoms with E-state index >= 15 is 0 Å². The Labute approximate surface area is 182 Å². The molecule has 0 aliphatic carbocycles. The molecule has 0 aliphatic heterocycles. The standard InChI is InChI=1S/C22H42O7S/c1-3-5-7-9-11-13-15-17-22(21(25)26,19(20(23)24)30(27,28)29)18-16-14-12-10-8-6-4-2/h19H,3-18H2,1-2H3,(H,23,24)(H,25,26)(H,27,28,29). The molecule has 0 saturated heterocycles. The first-order valence-corrected chi connectivity index (χ1v) is 13.1. The molecule has 0 rings (SSSR count). The minimum absolute atomic E-state index is 0.0668. The number of carboxylic acid groups (broad SMARTS) is 2. The van der Waals surface area contributed by atoms with E-state index < -0.39 is 32.7 Å². The maximum absolute atomic E-state index is 12.2. The third kappa shape index (κ3) is 10.8. The summed E-state index contributed by atoms with van der Waals surface area (Å²) in [7, 11) is -5.06. The van der Waals surface area contributed by atoms with Crippen LogP contribution in [0.3, 0.4) is 0 Å². The summed E-state index contributed by atoms with van der Waals surface area (Å²) in [4.78, 5) is 23.9. The summed E-state index contributed by atoms with van der Waals surface area (Å²) in [6, 6.07) is 0. The van der Waals surface area contributed by atoms with Gasteiger partial charge in [0.1, 0.15) is 0 Å².